The average molecular weight is 536 g/mol. The van der Waals surface area contributed by atoms with Crippen LogP contribution in [0.25, 0.3) is 0 Å². The minimum absolute atomic E-state index is 0. The maximum Gasteiger partial charge on any atom is 0.172 e. The van der Waals surface area contributed by atoms with Crippen LogP contribution in [-0.4, -0.2) is 34.7 Å². The van der Waals surface area contributed by atoms with Crippen molar-refractivity contribution in [2.75, 3.05) is 19.6 Å². The van der Waals surface area contributed by atoms with E-state index in [1.165, 1.54) is 5.56 Å². The number of aromatic hydroxyl groups is 2. The van der Waals surface area contributed by atoms with E-state index in [2.05, 4.69) is 39.5 Å². The highest BCUT2D eigenvalue weighted by Gasteiger charge is 2.27. The molecule has 0 fully saturated rings. The van der Waals surface area contributed by atoms with Gasteiger partial charge >= 0.3 is 0 Å². The first-order valence-electron chi connectivity index (χ1n) is 7.73. The van der Waals surface area contributed by atoms with Gasteiger partial charge in [0.05, 0.1) is 4.47 Å². The van der Waals surface area contributed by atoms with Crippen LogP contribution in [0.1, 0.15) is 22.6 Å². The summed E-state index contributed by atoms with van der Waals surface area (Å²) in [6, 6.07) is 12.0. The molecule has 3 nitrogen and oxygen atoms in total. The number of rotatable bonds is 3. The topological polar surface area (TPSA) is 43.7 Å². The number of halogens is 3. The standard InChI is InChI=1S/C19H20BrNO2.2BrH/c1-2-9-21-10-8-14-15(11-17(22)19(23)18(14)20)16(12-21)13-6-4-3-5-7-13;;/h2-7,11,16,22-23H,1,8-10,12H2;2*1H/t16-;;/m1../s1. The molecule has 0 amide bonds. The summed E-state index contributed by atoms with van der Waals surface area (Å²) in [7, 11) is 0. The molecule has 0 radical (unpaired) electrons. The predicted octanol–water partition coefficient (Wildman–Crippen LogP) is 5.19. The van der Waals surface area contributed by atoms with Crippen LogP contribution < -0.4 is 0 Å². The maximum atomic E-state index is 10.1. The monoisotopic (exact) mass is 533 g/mol. The molecule has 2 aromatic rings. The Balaban J connectivity index is 0.00000156. The van der Waals surface area contributed by atoms with Gasteiger partial charge in [-0.25, -0.2) is 0 Å². The second kappa shape index (κ2) is 9.76. The summed E-state index contributed by atoms with van der Waals surface area (Å²) in [5, 5.41) is 20.1. The van der Waals surface area contributed by atoms with Crippen LogP contribution >= 0.6 is 49.9 Å². The first kappa shape index (κ1) is 22.2. The maximum absolute atomic E-state index is 10.1. The van der Waals surface area contributed by atoms with E-state index < -0.39 is 0 Å². The van der Waals surface area contributed by atoms with E-state index in [0.717, 1.165) is 37.2 Å². The Labute approximate surface area is 178 Å². The zero-order valence-corrected chi connectivity index (χ0v) is 18.7. The molecular formula is C19H22Br3NO2. The van der Waals surface area contributed by atoms with E-state index in [1.54, 1.807) is 6.07 Å². The van der Waals surface area contributed by atoms with Crippen molar-refractivity contribution >= 4 is 49.9 Å². The van der Waals surface area contributed by atoms with Crippen molar-refractivity contribution in [3.63, 3.8) is 0 Å². The lowest BCUT2D eigenvalue weighted by Gasteiger charge is -2.24. The van der Waals surface area contributed by atoms with Gasteiger partial charge in [0.15, 0.2) is 11.5 Å². The number of phenols is 2. The van der Waals surface area contributed by atoms with Gasteiger partial charge in [0, 0.05) is 25.6 Å². The molecule has 25 heavy (non-hydrogen) atoms. The van der Waals surface area contributed by atoms with Crippen LogP contribution in [0, 0.1) is 0 Å². The molecule has 0 spiro atoms. The van der Waals surface area contributed by atoms with Crippen LogP contribution in [-0.2, 0) is 6.42 Å². The summed E-state index contributed by atoms with van der Waals surface area (Å²) in [5.41, 5.74) is 3.35. The summed E-state index contributed by atoms with van der Waals surface area (Å²) in [4.78, 5) is 2.35. The van der Waals surface area contributed by atoms with Gasteiger partial charge in [-0.2, -0.15) is 0 Å². The first-order valence-corrected chi connectivity index (χ1v) is 8.52. The zero-order chi connectivity index (χ0) is 16.4. The van der Waals surface area contributed by atoms with Crippen LogP contribution in [0.4, 0.5) is 0 Å². The van der Waals surface area contributed by atoms with Crippen molar-refractivity contribution < 1.29 is 10.2 Å². The number of benzene rings is 2. The van der Waals surface area contributed by atoms with E-state index in [1.807, 2.05) is 24.3 Å². The van der Waals surface area contributed by atoms with Gasteiger partial charge in [0.25, 0.3) is 0 Å². The van der Waals surface area contributed by atoms with Crippen LogP contribution in [0.5, 0.6) is 11.5 Å². The van der Waals surface area contributed by atoms with Gasteiger partial charge in [0.1, 0.15) is 0 Å². The van der Waals surface area contributed by atoms with E-state index in [-0.39, 0.29) is 51.4 Å². The molecule has 0 aromatic heterocycles. The SMILES string of the molecule is Br.Br.C=CCN1CCc2c(cc(O)c(O)c2Br)[C@@H](c2ccccc2)C1. The average Bonchev–Trinajstić information content (AvgIpc) is 2.74. The molecule has 0 bridgehead atoms. The van der Waals surface area contributed by atoms with Crippen LogP contribution in [0.15, 0.2) is 53.5 Å². The fourth-order valence-corrected chi connectivity index (χ4v) is 3.92. The largest absolute Gasteiger partial charge is 0.504 e. The molecule has 1 aliphatic rings. The van der Waals surface area contributed by atoms with Crippen LogP contribution in [0.3, 0.4) is 0 Å². The van der Waals surface area contributed by atoms with E-state index in [4.69, 9.17) is 0 Å². The van der Waals surface area contributed by atoms with Crippen molar-refractivity contribution in [1.82, 2.24) is 4.90 Å². The molecule has 6 heteroatoms. The number of fused-ring (bicyclic) bond motifs is 1. The Kier molecular flexibility index (Phi) is 8.68. The lowest BCUT2D eigenvalue weighted by molar-refractivity contribution is 0.306. The smallest absolute Gasteiger partial charge is 0.172 e. The van der Waals surface area contributed by atoms with Crippen molar-refractivity contribution in [3.05, 3.63) is 70.2 Å². The molecule has 3 rings (SSSR count). The van der Waals surface area contributed by atoms with E-state index in [9.17, 15) is 10.2 Å². The minimum atomic E-state index is -0.0762. The normalized spacial score (nSPS) is 16.8. The van der Waals surface area contributed by atoms with Crippen molar-refractivity contribution in [1.29, 1.82) is 0 Å². The zero-order valence-electron chi connectivity index (χ0n) is 13.7. The van der Waals surface area contributed by atoms with Gasteiger partial charge in [-0.1, -0.05) is 36.4 Å². The van der Waals surface area contributed by atoms with Gasteiger partial charge in [-0.15, -0.1) is 40.5 Å². The van der Waals surface area contributed by atoms with Gasteiger partial charge in [-0.3, -0.25) is 4.90 Å². The summed E-state index contributed by atoms with van der Waals surface area (Å²) in [6.07, 6.45) is 2.74. The van der Waals surface area contributed by atoms with Gasteiger partial charge in [-0.05, 0) is 45.1 Å². The second-order valence-electron chi connectivity index (χ2n) is 5.89. The number of hydrogen-bond donors (Lipinski definition) is 2. The fraction of sp³-hybridized carbons (Fsp3) is 0.263. The third kappa shape index (κ3) is 4.67. The third-order valence-corrected chi connectivity index (χ3v) is 5.29. The summed E-state index contributed by atoms with van der Waals surface area (Å²) in [5.74, 6) is -0.00194. The highest BCUT2D eigenvalue weighted by molar-refractivity contribution is 9.10. The Hall–Kier alpha value is -0.820. The van der Waals surface area contributed by atoms with Gasteiger partial charge < -0.3 is 10.2 Å². The molecule has 0 saturated carbocycles. The number of phenolic OH excluding ortho intramolecular Hbond substituents is 2. The molecule has 1 heterocycles. The number of hydrogen-bond acceptors (Lipinski definition) is 3. The lowest BCUT2D eigenvalue weighted by atomic mass is 9.87. The van der Waals surface area contributed by atoms with Gasteiger partial charge in [0.2, 0.25) is 0 Å². The van der Waals surface area contributed by atoms with Crippen molar-refractivity contribution in [2.45, 2.75) is 12.3 Å². The second-order valence-corrected chi connectivity index (χ2v) is 6.68. The van der Waals surface area contributed by atoms with E-state index in [0.29, 0.717) is 4.47 Å². The Morgan fingerprint density at radius 2 is 1.88 bits per heavy atom. The minimum Gasteiger partial charge on any atom is -0.504 e. The molecular weight excluding hydrogens is 514 g/mol. The molecule has 136 valence electrons. The molecule has 1 aliphatic heterocycles. The van der Waals surface area contributed by atoms with E-state index >= 15 is 0 Å². The van der Waals surface area contributed by atoms with Crippen molar-refractivity contribution in [2.24, 2.45) is 0 Å². The predicted molar refractivity (Wildman–Crippen MR) is 117 cm³/mol. The Bertz CT molecular complexity index is 722. The third-order valence-electron chi connectivity index (χ3n) is 4.44. The van der Waals surface area contributed by atoms with Crippen LogP contribution in [0.2, 0.25) is 0 Å². The molecule has 0 saturated heterocycles. The highest BCUT2D eigenvalue weighted by Crippen LogP contribution is 2.43. The summed E-state index contributed by atoms with van der Waals surface area (Å²) >= 11 is 3.46. The summed E-state index contributed by atoms with van der Waals surface area (Å²) in [6.45, 7) is 6.43. The molecule has 1 atom stereocenters. The summed E-state index contributed by atoms with van der Waals surface area (Å²) < 4.78 is 0.605. The van der Waals surface area contributed by atoms with Crippen molar-refractivity contribution in [3.8, 4) is 11.5 Å². The first-order chi connectivity index (χ1) is 11.1. The quantitative estimate of drug-likeness (QED) is 0.420. The fourth-order valence-electron chi connectivity index (χ4n) is 3.29. The highest BCUT2D eigenvalue weighted by atomic mass is 79.9. The number of nitrogens with zero attached hydrogens (tertiary/aromatic N) is 1. The Morgan fingerprint density at radius 3 is 2.52 bits per heavy atom. The Morgan fingerprint density at radius 1 is 1.20 bits per heavy atom. The molecule has 0 unspecified atom stereocenters. The molecule has 2 aromatic carbocycles. The molecule has 2 N–H and O–H groups in total. The molecule has 0 aliphatic carbocycles. The lowest BCUT2D eigenvalue weighted by Crippen LogP contribution is -2.28.